The van der Waals surface area contributed by atoms with Crippen LogP contribution < -0.4 is 23.6 Å². The van der Waals surface area contributed by atoms with Gasteiger partial charge in [-0.3, -0.25) is 0 Å². The third-order valence-corrected chi connectivity index (χ3v) is 5.29. The fourth-order valence-electron chi connectivity index (χ4n) is 3.28. The maximum atomic E-state index is 13.3. The maximum Gasteiger partial charge on any atom is 1.00 e. The SMILES string of the molecule is [CH2-]CN(C[CH-]c1ccc(C(=O)O)cc1)CC(F)CC.[CH2-]c1c(OC)cc(C)c2[nH]ccc12.[Li+]. The normalized spacial score (nSPS) is 11.3. The molecule has 2 N–H and O–H groups in total. The van der Waals surface area contributed by atoms with Crippen molar-refractivity contribution in [3.05, 3.63) is 85.1 Å². The zero-order valence-corrected chi connectivity index (χ0v) is 20.0. The molecule has 5 nitrogen and oxygen atoms in total. The molecule has 0 fully saturated rings. The van der Waals surface area contributed by atoms with Gasteiger partial charge in [-0.15, -0.1) is 24.2 Å². The summed E-state index contributed by atoms with van der Waals surface area (Å²) < 4.78 is 18.5. The van der Waals surface area contributed by atoms with Crippen LogP contribution in [0.25, 0.3) is 10.9 Å². The molecule has 3 aromatic rings. The fraction of sp³-hybridized carbons (Fsp3) is 0.308. The molecule has 0 saturated heterocycles. The minimum Gasteiger partial charge on any atom is -0.554 e. The number of benzene rings is 2. The zero-order chi connectivity index (χ0) is 23.7. The number of halogens is 1. The van der Waals surface area contributed by atoms with Crippen molar-refractivity contribution in [1.82, 2.24) is 9.88 Å². The standard InChI is InChI=1S/C15H20FNO2.C11H12NO.Li/c1-3-14(16)11-17(4-2)10-9-12-5-7-13(8-6-12)15(18)19;1-7-6-10(13-3)8(2)9-4-5-12-11(7)9;/h5-9,14H,2-4,10-11H2,1H3,(H,18,19);4-6,12H,2H2,1,3H3;/q-2;-1;+1. The van der Waals surface area contributed by atoms with Crippen LogP contribution in [0, 0.1) is 27.2 Å². The predicted octanol–water partition coefficient (Wildman–Crippen LogP) is 2.49. The Bertz CT molecular complexity index is 1000. The van der Waals surface area contributed by atoms with E-state index in [1.165, 1.54) is 5.56 Å². The molecule has 1 unspecified atom stereocenters. The fourth-order valence-corrected chi connectivity index (χ4v) is 3.28. The van der Waals surface area contributed by atoms with Gasteiger partial charge < -0.3 is 26.7 Å². The Morgan fingerprint density at radius 3 is 2.52 bits per heavy atom. The molecule has 33 heavy (non-hydrogen) atoms. The largest absolute Gasteiger partial charge is 1.00 e. The first-order valence-electron chi connectivity index (χ1n) is 10.6. The molecular weight excluding hydrogens is 414 g/mol. The van der Waals surface area contributed by atoms with Crippen molar-refractivity contribution in [3.8, 4) is 5.75 Å². The first kappa shape index (κ1) is 28.5. The summed E-state index contributed by atoms with van der Waals surface area (Å²) in [6.45, 7) is 13.2. The molecule has 3 rings (SSSR count). The third kappa shape index (κ3) is 8.08. The average molecular weight is 446 g/mol. The number of carboxylic acid groups (broad SMARTS) is 1. The molecule has 174 valence electrons. The molecule has 0 radical (unpaired) electrons. The van der Waals surface area contributed by atoms with Gasteiger partial charge in [0.25, 0.3) is 0 Å². The summed E-state index contributed by atoms with van der Waals surface area (Å²) >= 11 is 0. The molecular formula is C26H32FLiN2O3-2. The molecule has 1 heterocycles. The Kier molecular flexibility index (Phi) is 12.0. The summed E-state index contributed by atoms with van der Waals surface area (Å²) in [4.78, 5) is 15.8. The van der Waals surface area contributed by atoms with Gasteiger partial charge in [-0.25, -0.2) is 9.18 Å². The summed E-state index contributed by atoms with van der Waals surface area (Å²) in [6.07, 6.45) is 3.54. The number of hydrogen-bond acceptors (Lipinski definition) is 3. The number of methoxy groups -OCH3 is 1. The van der Waals surface area contributed by atoms with E-state index in [4.69, 9.17) is 9.84 Å². The van der Waals surface area contributed by atoms with E-state index < -0.39 is 12.1 Å². The van der Waals surface area contributed by atoms with Crippen molar-refractivity contribution in [2.45, 2.75) is 26.4 Å². The average Bonchev–Trinajstić information content (AvgIpc) is 3.30. The van der Waals surface area contributed by atoms with Crippen LogP contribution >= 0.6 is 0 Å². The van der Waals surface area contributed by atoms with Crippen LogP contribution in [0.4, 0.5) is 4.39 Å². The van der Waals surface area contributed by atoms with Gasteiger partial charge in [0, 0.05) is 17.9 Å². The number of carboxylic acids is 1. The van der Waals surface area contributed by atoms with Crippen molar-refractivity contribution in [3.63, 3.8) is 0 Å². The number of nitrogens with one attached hydrogen (secondary N) is 1. The third-order valence-electron chi connectivity index (χ3n) is 5.29. The van der Waals surface area contributed by atoms with Crippen molar-refractivity contribution < 1.29 is 37.9 Å². The van der Waals surface area contributed by atoms with Gasteiger partial charge in [-0.1, -0.05) is 24.4 Å². The van der Waals surface area contributed by atoms with E-state index in [2.05, 4.69) is 25.8 Å². The van der Waals surface area contributed by atoms with Crippen molar-refractivity contribution in [1.29, 1.82) is 0 Å². The maximum absolute atomic E-state index is 13.3. The molecule has 0 bridgehead atoms. The second-order valence-electron chi connectivity index (χ2n) is 7.54. The quantitative estimate of drug-likeness (QED) is 0.392. The summed E-state index contributed by atoms with van der Waals surface area (Å²) in [5, 5.41) is 9.93. The molecule has 1 atom stereocenters. The first-order chi connectivity index (χ1) is 15.3. The van der Waals surface area contributed by atoms with E-state index >= 15 is 0 Å². The molecule has 0 aliphatic carbocycles. The number of rotatable bonds is 9. The molecule has 2 aromatic carbocycles. The van der Waals surface area contributed by atoms with Crippen LogP contribution in [0.5, 0.6) is 5.75 Å². The van der Waals surface area contributed by atoms with E-state index in [0.717, 1.165) is 27.8 Å². The van der Waals surface area contributed by atoms with Crippen LogP contribution in [0.2, 0.25) is 0 Å². The number of carbonyl (C=O) groups is 1. The van der Waals surface area contributed by atoms with Gasteiger partial charge in [0.2, 0.25) is 0 Å². The Morgan fingerprint density at radius 2 is 1.97 bits per heavy atom. The number of aromatic carboxylic acids is 1. The topological polar surface area (TPSA) is 65.6 Å². The summed E-state index contributed by atoms with van der Waals surface area (Å²) in [7, 11) is 1.67. The Labute approximate surface area is 208 Å². The molecule has 0 aliphatic heterocycles. The number of aryl methyl sites for hydroxylation is 1. The number of ether oxygens (including phenoxy) is 1. The molecule has 7 heteroatoms. The van der Waals surface area contributed by atoms with Crippen LogP contribution in [-0.4, -0.2) is 53.9 Å². The smallest absolute Gasteiger partial charge is 0.554 e. The van der Waals surface area contributed by atoms with Crippen LogP contribution in [0.3, 0.4) is 0 Å². The monoisotopic (exact) mass is 446 g/mol. The number of aromatic amines is 1. The van der Waals surface area contributed by atoms with Crippen molar-refractivity contribution >= 4 is 16.9 Å². The van der Waals surface area contributed by atoms with E-state index in [1.54, 1.807) is 31.4 Å². The number of H-pyrrole nitrogens is 1. The van der Waals surface area contributed by atoms with Gasteiger partial charge in [-0.2, -0.15) is 31.0 Å². The second kappa shape index (κ2) is 13.9. The number of hydrogen-bond donors (Lipinski definition) is 2. The predicted molar refractivity (Wildman–Crippen MR) is 128 cm³/mol. The van der Waals surface area contributed by atoms with Crippen molar-refractivity contribution in [2.75, 3.05) is 26.7 Å². The second-order valence-corrected chi connectivity index (χ2v) is 7.54. The Hall–Kier alpha value is -2.52. The van der Waals surface area contributed by atoms with Gasteiger partial charge in [-0.05, 0) is 37.2 Å². The van der Waals surface area contributed by atoms with Gasteiger partial charge >= 0.3 is 24.8 Å². The molecule has 0 saturated carbocycles. The van der Waals surface area contributed by atoms with Gasteiger partial charge in [0.05, 0.1) is 7.11 Å². The van der Waals surface area contributed by atoms with Crippen molar-refractivity contribution in [2.24, 2.45) is 0 Å². The minimum absolute atomic E-state index is 0. The van der Waals surface area contributed by atoms with Gasteiger partial charge in [0.1, 0.15) is 6.17 Å². The summed E-state index contributed by atoms with van der Waals surface area (Å²) in [5.74, 6) is -0.0845. The number of aromatic nitrogens is 1. The minimum atomic E-state index is -0.936. The Balaban J connectivity index is 0.000000339. The number of fused-ring (bicyclic) bond motifs is 1. The first-order valence-corrected chi connectivity index (χ1v) is 10.6. The molecule has 0 amide bonds. The van der Waals surface area contributed by atoms with E-state index in [0.29, 0.717) is 26.1 Å². The molecule has 1 aromatic heterocycles. The summed E-state index contributed by atoms with van der Waals surface area (Å²) in [6, 6.07) is 10.6. The van der Waals surface area contributed by atoms with Crippen LogP contribution in [0.15, 0.2) is 42.6 Å². The summed E-state index contributed by atoms with van der Waals surface area (Å²) in [5.41, 5.74) is 4.47. The zero-order valence-electron chi connectivity index (χ0n) is 20.0. The number of nitrogens with zero attached hydrogens (tertiary/aromatic N) is 1. The molecule has 0 aliphatic rings. The van der Waals surface area contributed by atoms with Gasteiger partial charge in [0.15, 0.2) is 0 Å². The number of alkyl halides is 1. The van der Waals surface area contributed by atoms with E-state index in [-0.39, 0.29) is 24.4 Å². The van der Waals surface area contributed by atoms with Crippen LogP contribution in [0.1, 0.15) is 40.4 Å². The Morgan fingerprint density at radius 1 is 1.30 bits per heavy atom. The molecule has 0 spiro atoms. The van der Waals surface area contributed by atoms with Crippen LogP contribution in [-0.2, 0) is 0 Å². The van der Waals surface area contributed by atoms with E-state index in [9.17, 15) is 9.18 Å². The van der Waals surface area contributed by atoms with E-state index in [1.807, 2.05) is 36.6 Å².